The molecule has 0 radical (unpaired) electrons. The molecule has 3 aromatic heterocycles. The highest BCUT2D eigenvalue weighted by Gasteiger charge is 2.23. The van der Waals surface area contributed by atoms with Crippen LogP contribution in [0.3, 0.4) is 0 Å². The van der Waals surface area contributed by atoms with Crippen LogP contribution >= 0.6 is 0 Å². The number of piperidine rings is 1. The van der Waals surface area contributed by atoms with E-state index in [1.807, 2.05) is 19.1 Å². The van der Waals surface area contributed by atoms with E-state index in [0.717, 1.165) is 54.3 Å². The van der Waals surface area contributed by atoms with E-state index in [-0.39, 0.29) is 11.0 Å². The molecule has 31 heavy (non-hydrogen) atoms. The second kappa shape index (κ2) is 8.78. The van der Waals surface area contributed by atoms with Crippen molar-refractivity contribution in [2.75, 3.05) is 25.0 Å². The summed E-state index contributed by atoms with van der Waals surface area (Å²) in [7, 11) is 0. The summed E-state index contributed by atoms with van der Waals surface area (Å²) < 4.78 is 1.62. The Kier molecular flexibility index (Phi) is 6.09. The molecule has 0 bridgehead atoms. The molecule has 1 fully saturated rings. The summed E-state index contributed by atoms with van der Waals surface area (Å²) in [5.41, 5.74) is 3.79. The van der Waals surface area contributed by atoms with Gasteiger partial charge in [-0.1, -0.05) is 27.2 Å². The smallest absolute Gasteiger partial charge is 0.266 e. The van der Waals surface area contributed by atoms with Crippen molar-refractivity contribution in [3.8, 4) is 0 Å². The molecule has 0 saturated carbocycles. The van der Waals surface area contributed by atoms with Crippen molar-refractivity contribution in [2.45, 2.75) is 65.0 Å². The van der Waals surface area contributed by atoms with Gasteiger partial charge in [0.05, 0.1) is 17.8 Å². The lowest BCUT2D eigenvalue weighted by molar-refractivity contribution is 0.147. The molecule has 0 spiro atoms. The van der Waals surface area contributed by atoms with E-state index in [1.54, 1.807) is 17.1 Å². The van der Waals surface area contributed by atoms with Crippen LogP contribution in [0.15, 0.2) is 29.3 Å². The lowest BCUT2D eigenvalue weighted by Crippen LogP contribution is -2.45. The van der Waals surface area contributed by atoms with Crippen LogP contribution < -0.4 is 10.9 Å². The van der Waals surface area contributed by atoms with Gasteiger partial charge in [0, 0.05) is 36.3 Å². The van der Waals surface area contributed by atoms with E-state index in [0.29, 0.717) is 12.6 Å². The number of aromatic nitrogens is 5. The average molecular weight is 424 g/mol. The van der Waals surface area contributed by atoms with Gasteiger partial charge >= 0.3 is 0 Å². The largest absolute Gasteiger partial charge is 0.367 e. The fraction of sp³-hybridized carbons (Fsp3) is 0.565. The van der Waals surface area contributed by atoms with Crippen LogP contribution in [0.5, 0.6) is 0 Å². The van der Waals surface area contributed by atoms with Crippen LogP contribution in [0.25, 0.3) is 11.0 Å². The Hall–Kier alpha value is -2.74. The van der Waals surface area contributed by atoms with Gasteiger partial charge < -0.3 is 10.3 Å². The number of likely N-dealkylation sites (tertiary alicyclic amines) is 1. The maximum Gasteiger partial charge on any atom is 0.266 e. The van der Waals surface area contributed by atoms with E-state index in [9.17, 15) is 4.79 Å². The van der Waals surface area contributed by atoms with Gasteiger partial charge in [-0.15, -0.1) is 0 Å². The summed E-state index contributed by atoms with van der Waals surface area (Å²) in [4.78, 5) is 26.9. The Morgan fingerprint density at radius 3 is 2.84 bits per heavy atom. The fourth-order valence-corrected chi connectivity index (χ4v) is 4.24. The molecule has 1 saturated heterocycles. The van der Waals surface area contributed by atoms with Crippen molar-refractivity contribution >= 4 is 16.9 Å². The molecule has 1 aliphatic heterocycles. The molecule has 0 aromatic carbocycles. The van der Waals surface area contributed by atoms with Crippen molar-refractivity contribution in [3.63, 3.8) is 0 Å². The molecular weight excluding hydrogens is 390 g/mol. The molecule has 166 valence electrons. The number of nitrogens with one attached hydrogen (secondary N) is 2. The lowest BCUT2D eigenvalue weighted by Gasteiger charge is -2.36. The van der Waals surface area contributed by atoms with E-state index in [1.165, 1.54) is 12.8 Å². The van der Waals surface area contributed by atoms with Crippen LogP contribution in [0.4, 0.5) is 5.82 Å². The number of aryl methyl sites for hydroxylation is 1. The third-order valence-electron chi connectivity index (χ3n) is 6.04. The number of hydrogen-bond donors (Lipinski definition) is 2. The molecule has 4 heterocycles. The first-order chi connectivity index (χ1) is 14.8. The van der Waals surface area contributed by atoms with Crippen LogP contribution in [-0.4, -0.2) is 55.3 Å². The number of aromatic amines is 1. The Balaban J connectivity index is 1.43. The van der Waals surface area contributed by atoms with E-state index < -0.39 is 0 Å². The van der Waals surface area contributed by atoms with E-state index in [2.05, 4.69) is 51.0 Å². The molecule has 1 aliphatic rings. The normalized spacial score (nSPS) is 17.9. The SMILES string of the molecule is Cc1cc2ncnc(NCC3CCCCN3CCn3nc(C(C)(C)C)ccc3=O)c2[nH]1. The number of H-pyrrole nitrogens is 1. The monoisotopic (exact) mass is 423 g/mol. The van der Waals surface area contributed by atoms with Gasteiger partial charge in [-0.05, 0) is 38.4 Å². The van der Waals surface area contributed by atoms with Gasteiger partial charge in [0.25, 0.3) is 5.56 Å². The van der Waals surface area contributed by atoms with Crippen molar-refractivity contribution in [1.29, 1.82) is 0 Å². The number of hydrogen-bond acceptors (Lipinski definition) is 6. The fourth-order valence-electron chi connectivity index (χ4n) is 4.24. The van der Waals surface area contributed by atoms with Gasteiger partial charge in [0.2, 0.25) is 0 Å². The standard InChI is InChI=1S/C23H33N7O/c1-16-13-18-21(27-16)22(26-15-25-18)24-14-17-7-5-6-10-29(17)11-12-30-20(31)9-8-19(28-30)23(2,3)4/h8-9,13,15,17,27H,5-7,10-12,14H2,1-4H3,(H,24,25,26). The number of anilines is 1. The second-order valence-electron chi connectivity index (χ2n) is 9.53. The van der Waals surface area contributed by atoms with Crippen LogP contribution in [-0.2, 0) is 12.0 Å². The molecule has 0 amide bonds. The van der Waals surface area contributed by atoms with Gasteiger partial charge in [0.15, 0.2) is 5.82 Å². The molecule has 8 nitrogen and oxygen atoms in total. The quantitative estimate of drug-likeness (QED) is 0.633. The summed E-state index contributed by atoms with van der Waals surface area (Å²) >= 11 is 0. The van der Waals surface area contributed by atoms with E-state index in [4.69, 9.17) is 0 Å². The minimum atomic E-state index is -0.0773. The maximum atomic E-state index is 12.3. The summed E-state index contributed by atoms with van der Waals surface area (Å²) in [5.74, 6) is 0.847. The Labute approximate surface area is 183 Å². The lowest BCUT2D eigenvalue weighted by atomic mass is 9.92. The Morgan fingerprint density at radius 1 is 1.19 bits per heavy atom. The molecule has 3 aromatic rings. The highest BCUT2D eigenvalue weighted by Crippen LogP contribution is 2.22. The summed E-state index contributed by atoms with van der Waals surface area (Å²) in [6.45, 7) is 11.7. The molecule has 2 N–H and O–H groups in total. The predicted molar refractivity (Wildman–Crippen MR) is 124 cm³/mol. The first-order valence-electron chi connectivity index (χ1n) is 11.2. The first-order valence-corrected chi connectivity index (χ1v) is 11.2. The van der Waals surface area contributed by atoms with Gasteiger partial charge in [0.1, 0.15) is 11.8 Å². The van der Waals surface area contributed by atoms with Crippen LogP contribution in [0.2, 0.25) is 0 Å². The van der Waals surface area contributed by atoms with Crippen molar-refractivity contribution in [1.82, 2.24) is 29.6 Å². The number of fused-ring (bicyclic) bond motifs is 1. The van der Waals surface area contributed by atoms with Crippen molar-refractivity contribution < 1.29 is 0 Å². The van der Waals surface area contributed by atoms with Gasteiger partial charge in [-0.2, -0.15) is 5.10 Å². The van der Waals surface area contributed by atoms with Crippen molar-refractivity contribution in [3.05, 3.63) is 46.3 Å². The minimum absolute atomic E-state index is 0.0369. The third-order valence-corrected chi connectivity index (χ3v) is 6.04. The number of rotatable bonds is 6. The third kappa shape index (κ3) is 4.95. The van der Waals surface area contributed by atoms with Crippen LogP contribution in [0.1, 0.15) is 51.4 Å². The van der Waals surface area contributed by atoms with E-state index >= 15 is 0 Å². The molecule has 8 heteroatoms. The Morgan fingerprint density at radius 2 is 2.03 bits per heavy atom. The topological polar surface area (TPSA) is 91.7 Å². The zero-order valence-corrected chi connectivity index (χ0v) is 19.0. The maximum absolute atomic E-state index is 12.3. The minimum Gasteiger partial charge on any atom is -0.367 e. The predicted octanol–water partition coefficient (Wildman–Crippen LogP) is 3.09. The molecule has 4 rings (SSSR count). The molecule has 1 unspecified atom stereocenters. The zero-order chi connectivity index (χ0) is 22.0. The second-order valence-corrected chi connectivity index (χ2v) is 9.53. The van der Waals surface area contributed by atoms with Crippen molar-refractivity contribution in [2.24, 2.45) is 0 Å². The highest BCUT2D eigenvalue weighted by molar-refractivity contribution is 5.86. The van der Waals surface area contributed by atoms with Gasteiger partial charge in [-0.25, -0.2) is 14.6 Å². The summed E-state index contributed by atoms with van der Waals surface area (Å²) in [5, 5.41) is 8.15. The summed E-state index contributed by atoms with van der Waals surface area (Å²) in [6.07, 6.45) is 5.15. The molecule has 0 aliphatic carbocycles. The Bertz CT molecular complexity index is 1100. The van der Waals surface area contributed by atoms with Crippen LogP contribution in [0, 0.1) is 6.92 Å². The number of nitrogens with zero attached hydrogens (tertiary/aromatic N) is 5. The highest BCUT2D eigenvalue weighted by atomic mass is 16.1. The van der Waals surface area contributed by atoms with Gasteiger partial charge in [-0.3, -0.25) is 9.69 Å². The summed E-state index contributed by atoms with van der Waals surface area (Å²) in [6, 6.07) is 5.92. The first kappa shape index (κ1) is 21.5. The zero-order valence-electron chi connectivity index (χ0n) is 19.0. The molecule has 1 atom stereocenters. The average Bonchev–Trinajstić information content (AvgIpc) is 3.12. The molecular formula is C23H33N7O.